The number of carbonyl (C=O) groups is 1. The first kappa shape index (κ1) is 15.9. The Morgan fingerprint density at radius 1 is 1.33 bits per heavy atom. The summed E-state index contributed by atoms with van der Waals surface area (Å²) >= 11 is 4.44. The van der Waals surface area contributed by atoms with Gasteiger partial charge in [0.1, 0.15) is 4.90 Å². The summed E-state index contributed by atoms with van der Waals surface area (Å²) in [5, 5.41) is 8.80. The lowest BCUT2D eigenvalue weighted by molar-refractivity contribution is 0.0661. The number of rotatable bonds is 5. The fourth-order valence-electron chi connectivity index (χ4n) is 1.51. The average molecular weight is 392 g/mol. The van der Waals surface area contributed by atoms with Crippen LogP contribution in [0.25, 0.3) is 0 Å². The molecule has 2 rings (SSSR count). The number of benzene rings is 1. The number of halogens is 1. The summed E-state index contributed by atoms with van der Waals surface area (Å²) in [6.07, 6.45) is 1.91. The Hall–Kier alpha value is -1.45. The number of sulfonamides is 1. The monoisotopic (exact) mass is 391 g/mol. The van der Waals surface area contributed by atoms with Crippen molar-refractivity contribution in [1.82, 2.24) is 0 Å². The van der Waals surface area contributed by atoms with Crippen molar-refractivity contribution in [3.05, 3.63) is 40.8 Å². The summed E-state index contributed by atoms with van der Waals surface area (Å²) in [7, 11) is -3.94. The van der Waals surface area contributed by atoms with Crippen LogP contribution >= 0.6 is 27.7 Å². The van der Waals surface area contributed by atoms with Crippen molar-refractivity contribution in [2.75, 3.05) is 11.0 Å². The lowest BCUT2D eigenvalue weighted by atomic mass is 10.3. The minimum absolute atomic E-state index is 0.159. The lowest BCUT2D eigenvalue weighted by Gasteiger charge is -2.07. The SMILES string of the molecule is CSc1ccc(NS(=O)(=O)c2cc(C(=O)O)oc2Br)cc1. The number of furan rings is 1. The van der Waals surface area contributed by atoms with E-state index >= 15 is 0 Å². The van der Waals surface area contributed by atoms with E-state index in [1.165, 1.54) is 11.8 Å². The molecule has 1 heterocycles. The van der Waals surface area contributed by atoms with E-state index in [4.69, 9.17) is 9.52 Å². The van der Waals surface area contributed by atoms with Gasteiger partial charge in [0.25, 0.3) is 10.0 Å². The molecule has 21 heavy (non-hydrogen) atoms. The summed E-state index contributed by atoms with van der Waals surface area (Å²) in [4.78, 5) is 11.5. The van der Waals surface area contributed by atoms with Gasteiger partial charge >= 0.3 is 5.97 Å². The van der Waals surface area contributed by atoms with Gasteiger partial charge in [-0.15, -0.1) is 11.8 Å². The van der Waals surface area contributed by atoms with Crippen LogP contribution < -0.4 is 4.72 Å². The van der Waals surface area contributed by atoms with Crippen LogP contribution in [0.2, 0.25) is 0 Å². The number of carboxylic acid groups (broad SMARTS) is 1. The topological polar surface area (TPSA) is 96.6 Å². The number of nitrogens with one attached hydrogen (secondary N) is 1. The van der Waals surface area contributed by atoms with E-state index in [0.29, 0.717) is 5.69 Å². The summed E-state index contributed by atoms with van der Waals surface area (Å²) < 4.78 is 31.5. The molecular weight excluding hydrogens is 382 g/mol. The lowest BCUT2D eigenvalue weighted by Crippen LogP contribution is -2.12. The molecule has 0 atom stereocenters. The van der Waals surface area contributed by atoms with Crippen molar-refractivity contribution >= 4 is 49.4 Å². The van der Waals surface area contributed by atoms with E-state index in [9.17, 15) is 13.2 Å². The van der Waals surface area contributed by atoms with Gasteiger partial charge in [-0.25, -0.2) is 13.2 Å². The molecule has 0 saturated carbocycles. The van der Waals surface area contributed by atoms with Gasteiger partial charge in [-0.05, 0) is 46.5 Å². The molecule has 2 N–H and O–H groups in total. The second-order valence-electron chi connectivity index (χ2n) is 3.89. The van der Waals surface area contributed by atoms with E-state index in [-0.39, 0.29) is 9.56 Å². The third kappa shape index (κ3) is 3.60. The standard InChI is InChI=1S/C12H10BrNO5S2/c1-20-8-4-2-7(3-5-8)14-21(17,18)10-6-9(12(15)16)19-11(10)13/h2-6,14H,1H3,(H,15,16). The van der Waals surface area contributed by atoms with Gasteiger partial charge < -0.3 is 9.52 Å². The Balaban J connectivity index is 2.31. The number of hydrogen-bond acceptors (Lipinski definition) is 5. The fraction of sp³-hybridized carbons (Fsp3) is 0.0833. The average Bonchev–Trinajstić information content (AvgIpc) is 2.82. The van der Waals surface area contributed by atoms with Gasteiger partial charge in [0.15, 0.2) is 4.67 Å². The number of thioether (sulfide) groups is 1. The highest BCUT2D eigenvalue weighted by Crippen LogP contribution is 2.28. The Labute approximate surface area is 133 Å². The summed E-state index contributed by atoms with van der Waals surface area (Å²) in [5.74, 6) is -1.80. The first-order chi connectivity index (χ1) is 9.83. The molecule has 1 aromatic carbocycles. The molecule has 112 valence electrons. The quantitative estimate of drug-likeness (QED) is 0.759. The van der Waals surface area contributed by atoms with Crippen LogP contribution in [0.1, 0.15) is 10.6 Å². The van der Waals surface area contributed by atoms with Crippen molar-refractivity contribution < 1.29 is 22.7 Å². The van der Waals surface area contributed by atoms with E-state index in [2.05, 4.69) is 20.7 Å². The van der Waals surface area contributed by atoms with Crippen LogP contribution in [-0.4, -0.2) is 25.7 Å². The zero-order valence-electron chi connectivity index (χ0n) is 10.7. The first-order valence-electron chi connectivity index (χ1n) is 5.53. The molecule has 0 aliphatic heterocycles. The fourth-order valence-corrected chi connectivity index (χ4v) is 3.92. The maximum absolute atomic E-state index is 12.2. The van der Waals surface area contributed by atoms with Crippen molar-refractivity contribution in [3.63, 3.8) is 0 Å². The maximum Gasteiger partial charge on any atom is 0.371 e. The van der Waals surface area contributed by atoms with Crippen LogP contribution in [0.4, 0.5) is 5.69 Å². The highest BCUT2D eigenvalue weighted by atomic mass is 79.9. The molecule has 0 bridgehead atoms. The van der Waals surface area contributed by atoms with Crippen molar-refractivity contribution in [2.45, 2.75) is 9.79 Å². The number of anilines is 1. The normalized spacial score (nSPS) is 11.3. The molecule has 0 radical (unpaired) electrons. The van der Waals surface area contributed by atoms with E-state index in [0.717, 1.165) is 11.0 Å². The van der Waals surface area contributed by atoms with Gasteiger partial charge in [-0.3, -0.25) is 4.72 Å². The van der Waals surface area contributed by atoms with E-state index in [1.807, 2.05) is 6.26 Å². The minimum Gasteiger partial charge on any atom is -0.475 e. The Morgan fingerprint density at radius 3 is 2.43 bits per heavy atom. The molecule has 0 spiro atoms. The Morgan fingerprint density at radius 2 is 1.95 bits per heavy atom. The molecule has 0 unspecified atom stereocenters. The predicted octanol–water partition coefficient (Wildman–Crippen LogP) is 3.26. The molecule has 0 fully saturated rings. The van der Waals surface area contributed by atoms with Crippen LogP contribution in [0.3, 0.4) is 0 Å². The van der Waals surface area contributed by atoms with Gasteiger partial charge in [0.2, 0.25) is 5.76 Å². The van der Waals surface area contributed by atoms with Gasteiger partial charge in [0.05, 0.1) is 0 Å². The zero-order valence-corrected chi connectivity index (χ0v) is 13.9. The minimum atomic E-state index is -3.94. The number of hydrogen-bond donors (Lipinski definition) is 2. The Kier molecular flexibility index (Phi) is 4.64. The largest absolute Gasteiger partial charge is 0.475 e. The highest BCUT2D eigenvalue weighted by molar-refractivity contribution is 9.10. The van der Waals surface area contributed by atoms with Crippen LogP contribution in [-0.2, 0) is 10.0 Å². The van der Waals surface area contributed by atoms with E-state index in [1.54, 1.807) is 24.3 Å². The molecule has 0 amide bonds. The van der Waals surface area contributed by atoms with Gasteiger partial charge in [-0.1, -0.05) is 0 Å². The second-order valence-corrected chi connectivity index (χ2v) is 7.14. The number of aromatic carboxylic acids is 1. The second kappa shape index (κ2) is 6.12. The van der Waals surface area contributed by atoms with Crippen molar-refractivity contribution in [3.8, 4) is 0 Å². The van der Waals surface area contributed by atoms with Crippen LogP contribution in [0.5, 0.6) is 0 Å². The van der Waals surface area contributed by atoms with Crippen LogP contribution in [0.15, 0.2) is 49.2 Å². The molecule has 0 aliphatic carbocycles. The molecular formula is C12H10BrNO5S2. The molecule has 0 saturated heterocycles. The molecule has 2 aromatic rings. The summed E-state index contributed by atoms with van der Waals surface area (Å²) in [6, 6.07) is 7.74. The molecule has 9 heteroatoms. The predicted molar refractivity (Wildman–Crippen MR) is 82.4 cm³/mol. The summed E-state index contributed by atoms with van der Waals surface area (Å²) in [6.45, 7) is 0. The highest BCUT2D eigenvalue weighted by Gasteiger charge is 2.24. The number of carboxylic acids is 1. The molecule has 6 nitrogen and oxygen atoms in total. The molecule has 0 aliphatic rings. The third-order valence-corrected chi connectivity index (χ3v) is 5.48. The van der Waals surface area contributed by atoms with Crippen molar-refractivity contribution in [1.29, 1.82) is 0 Å². The van der Waals surface area contributed by atoms with Gasteiger partial charge in [-0.2, -0.15) is 0 Å². The zero-order chi connectivity index (χ0) is 15.6. The van der Waals surface area contributed by atoms with Crippen molar-refractivity contribution in [2.24, 2.45) is 0 Å². The third-order valence-electron chi connectivity index (χ3n) is 2.50. The maximum atomic E-state index is 12.2. The Bertz CT molecular complexity index is 767. The molecule has 1 aromatic heterocycles. The van der Waals surface area contributed by atoms with Gasteiger partial charge in [0, 0.05) is 16.6 Å². The first-order valence-corrected chi connectivity index (χ1v) is 9.03. The smallest absolute Gasteiger partial charge is 0.371 e. The van der Waals surface area contributed by atoms with Crippen LogP contribution in [0, 0.1) is 0 Å². The summed E-state index contributed by atoms with van der Waals surface area (Å²) in [5.41, 5.74) is 0.373. The van der Waals surface area contributed by atoms with E-state index < -0.39 is 21.8 Å².